The molecular weight excluding hydrogens is 327 g/mol. The number of fused-ring (bicyclic) bond motifs is 1. The maximum atomic E-state index is 14.1. The Bertz CT molecular complexity index is 743. The summed E-state index contributed by atoms with van der Waals surface area (Å²) >= 11 is 0. The van der Waals surface area contributed by atoms with E-state index >= 15 is 0 Å². The van der Waals surface area contributed by atoms with Crippen molar-refractivity contribution in [3.05, 3.63) is 29.3 Å². The van der Waals surface area contributed by atoms with E-state index in [9.17, 15) is 18.3 Å². The van der Waals surface area contributed by atoms with Gasteiger partial charge in [-0.15, -0.1) is 4.39 Å². The van der Waals surface area contributed by atoms with E-state index < -0.39 is 29.4 Å². The summed E-state index contributed by atoms with van der Waals surface area (Å²) in [6.07, 6.45) is -4.20. The number of aromatic hydroxyl groups is 1. The largest absolute Gasteiger partial charge is 0.503 e. The van der Waals surface area contributed by atoms with Gasteiger partial charge in [0.25, 0.3) is 0 Å². The molecule has 0 aliphatic rings. The highest BCUT2D eigenvalue weighted by molar-refractivity contribution is 5.96. The van der Waals surface area contributed by atoms with E-state index in [1.165, 1.54) is 6.07 Å². The Kier molecular flexibility index (Phi) is 5.91. The first-order chi connectivity index (χ1) is 11.0. The summed E-state index contributed by atoms with van der Waals surface area (Å²) < 4.78 is 45.2. The summed E-state index contributed by atoms with van der Waals surface area (Å²) in [4.78, 5) is 0. The molecule has 0 aromatic heterocycles. The lowest BCUT2D eigenvalue weighted by atomic mass is 9.94. The summed E-state index contributed by atoms with van der Waals surface area (Å²) in [6.45, 7) is 7.36. The van der Waals surface area contributed by atoms with Crippen molar-refractivity contribution in [2.45, 2.75) is 39.8 Å². The lowest BCUT2D eigenvalue weighted by Crippen LogP contribution is -2.29. The van der Waals surface area contributed by atoms with Crippen molar-refractivity contribution in [2.24, 2.45) is 0 Å². The minimum absolute atomic E-state index is 0.131. The van der Waals surface area contributed by atoms with Crippen molar-refractivity contribution in [2.75, 3.05) is 5.73 Å². The first kappa shape index (κ1) is 19.9. The fourth-order valence-electron chi connectivity index (χ4n) is 2.24. The highest BCUT2D eigenvalue weighted by atomic mass is 19.2. The molecular formula is C16H20F3NO4. The molecule has 5 nitrogen and oxygen atoms in total. The summed E-state index contributed by atoms with van der Waals surface area (Å²) in [5.74, 6) is -5.73. The van der Waals surface area contributed by atoms with Gasteiger partial charge in [-0.2, -0.15) is 4.39 Å². The van der Waals surface area contributed by atoms with Crippen LogP contribution in [0.2, 0.25) is 0 Å². The van der Waals surface area contributed by atoms with Crippen molar-refractivity contribution in [3.63, 3.8) is 0 Å². The van der Waals surface area contributed by atoms with Crippen LogP contribution in [0.1, 0.15) is 39.2 Å². The summed E-state index contributed by atoms with van der Waals surface area (Å²) in [5.41, 5.74) is 6.06. The Morgan fingerprint density at radius 3 is 2.12 bits per heavy atom. The van der Waals surface area contributed by atoms with E-state index in [1.54, 1.807) is 13.8 Å². The fourth-order valence-corrected chi connectivity index (χ4v) is 2.24. The number of rotatable bonds is 3. The van der Waals surface area contributed by atoms with Crippen LogP contribution in [0.15, 0.2) is 12.1 Å². The lowest BCUT2D eigenvalue weighted by molar-refractivity contribution is -0.375. The van der Waals surface area contributed by atoms with Crippen LogP contribution in [-0.2, 0) is 0 Å². The number of benzene rings is 2. The Morgan fingerprint density at radius 1 is 1.12 bits per heavy atom. The zero-order chi connectivity index (χ0) is 18.8. The molecule has 0 aliphatic carbocycles. The van der Waals surface area contributed by atoms with E-state index in [0.29, 0.717) is 0 Å². The molecule has 0 saturated heterocycles. The molecule has 0 fully saturated rings. The van der Waals surface area contributed by atoms with E-state index in [0.717, 1.165) is 6.07 Å². The van der Waals surface area contributed by atoms with Gasteiger partial charge in [0.05, 0.1) is 0 Å². The smallest absolute Gasteiger partial charge is 0.492 e. The quantitative estimate of drug-likeness (QED) is 0.503. The van der Waals surface area contributed by atoms with Crippen LogP contribution in [0.25, 0.3) is 10.8 Å². The van der Waals surface area contributed by atoms with Gasteiger partial charge in [0.2, 0.25) is 5.82 Å². The van der Waals surface area contributed by atoms with Crippen LogP contribution < -0.4 is 10.5 Å². The van der Waals surface area contributed by atoms with Crippen LogP contribution in [0.4, 0.5) is 18.9 Å². The molecule has 0 heterocycles. The third-order valence-electron chi connectivity index (χ3n) is 3.12. The average molecular weight is 347 g/mol. The minimum atomic E-state index is -4.20. The van der Waals surface area contributed by atoms with Crippen molar-refractivity contribution in [1.82, 2.24) is 0 Å². The molecule has 8 heteroatoms. The van der Waals surface area contributed by atoms with Gasteiger partial charge in [0.15, 0.2) is 17.3 Å². The number of hydrogen-bond donors (Lipinski definition) is 4. The maximum absolute atomic E-state index is 14.1. The molecule has 5 N–H and O–H groups in total. The van der Waals surface area contributed by atoms with Crippen LogP contribution in [0.3, 0.4) is 0 Å². The Balaban J connectivity index is 0.00000139. The molecule has 0 amide bonds. The number of hydrogen-bond acceptors (Lipinski definition) is 5. The molecule has 0 saturated carbocycles. The van der Waals surface area contributed by atoms with Crippen molar-refractivity contribution in [3.8, 4) is 11.5 Å². The Morgan fingerprint density at radius 2 is 1.67 bits per heavy atom. The predicted molar refractivity (Wildman–Crippen MR) is 84.3 cm³/mol. The third kappa shape index (κ3) is 3.82. The molecule has 0 spiro atoms. The fraction of sp³-hybridized carbons (Fsp3) is 0.375. The van der Waals surface area contributed by atoms with E-state index in [-0.39, 0.29) is 27.9 Å². The van der Waals surface area contributed by atoms with Crippen molar-refractivity contribution < 1.29 is 33.2 Å². The Hall–Kier alpha value is -2.19. The zero-order valence-corrected chi connectivity index (χ0v) is 13.7. The van der Waals surface area contributed by atoms with E-state index in [4.69, 9.17) is 15.9 Å². The number of alkyl halides is 1. The van der Waals surface area contributed by atoms with Crippen molar-refractivity contribution >= 4 is 16.5 Å². The van der Waals surface area contributed by atoms with Gasteiger partial charge in [0, 0.05) is 16.5 Å². The molecule has 0 atom stereocenters. The van der Waals surface area contributed by atoms with Crippen molar-refractivity contribution in [1.29, 1.82) is 0 Å². The van der Waals surface area contributed by atoms with Gasteiger partial charge in [0.1, 0.15) is 0 Å². The molecule has 134 valence electrons. The van der Waals surface area contributed by atoms with E-state index in [2.05, 4.69) is 4.74 Å². The number of nitrogen functional groups attached to an aromatic ring is 1. The van der Waals surface area contributed by atoms with Gasteiger partial charge in [-0.3, -0.25) is 0 Å². The first-order valence-electron chi connectivity index (χ1n) is 7.28. The van der Waals surface area contributed by atoms with Gasteiger partial charge >= 0.3 is 6.23 Å². The van der Waals surface area contributed by atoms with Crippen LogP contribution in [0, 0.1) is 11.6 Å². The Labute approximate surface area is 137 Å². The van der Waals surface area contributed by atoms with Crippen LogP contribution in [-0.4, -0.2) is 21.5 Å². The topological polar surface area (TPSA) is 95.9 Å². The second-order valence-electron chi connectivity index (χ2n) is 5.12. The lowest BCUT2D eigenvalue weighted by Gasteiger charge is -2.20. The van der Waals surface area contributed by atoms with Crippen LogP contribution >= 0.6 is 0 Å². The summed E-state index contributed by atoms with van der Waals surface area (Å²) in [7, 11) is 0. The number of phenols is 1. The normalized spacial score (nSPS) is 11.4. The SMILES string of the molecule is CC.CC(C)c1cc(N)cc2c(F)c(O)c(F)c(OC(O)(O)F)c12. The second-order valence-corrected chi connectivity index (χ2v) is 5.12. The molecule has 0 bridgehead atoms. The molecule has 0 aliphatic heterocycles. The third-order valence-corrected chi connectivity index (χ3v) is 3.12. The molecule has 2 aromatic rings. The molecule has 2 rings (SSSR count). The highest BCUT2D eigenvalue weighted by Gasteiger charge is 2.32. The van der Waals surface area contributed by atoms with E-state index in [1.807, 2.05) is 13.8 Å². The maximum Gasteiger partial charge on any atom is 0.492 e. The highest BCUT2D eigenvalue weighted by Crippen LogP contribution is 2.43. The zero-order valence-electron chi connectivity index (χ0n) is 13.7. The number of aliphatic hydroxyl groups is 2. The summed E-state index contributed by atoms with van der Waals surface area (Å²) in [5, 5.41) is 26.3. The monoisotopic (exact) mass is 347 g/mol. The van der Waals surface area contributed by atoms with Gasteiger partial charge in [-0.05, 0) is 23.6 Å². The number of nitrogens with two attached hydrogens (primary N) is 1. The first-order valence-corrected chi connectivity index (χ1v) is 7.28. The predicted octanol–water partition coefficient (Wildman–Crippen LogP) is 3.50. The molecule has 24 heavy (non-hydrogen) atoms. The second kappa shape index (κ2) is 7.14. The average Bonchev–Trinajstić information content (AvgIpc) is 2.49. The molecule has 0 unspecified atom stereocenters. The molecule has 0 radical (unpaired) electrons. The van der Waals surface area contributed by atoms with Gasteiger partial charge in [-0.1, -0.05) is 27.7 Å². The standard InChI is InChI=1S/C14H14F3NO4.C2H6/c1-5(2)7-3-6(18)4-8-9(7)13(22-14(17,20)21)11(16)12(19)10(8)15;1-2/h3-5,19-21H,18H2,1-2H3;1-2H3. The van der Waals surface area contributed by atoms with Crippen LogP contribution in [0.5, 0.6) is 11.5 Å². The number of anilines is 1. The summed E-state index contributed by atoms with van der Waals surface area (Å²) in [6, 6.07) is 2.49. The number of ether oxygens (including phenoxy) is 1. The van der Waals surface area contributed by atoms with Gasteiger partial charge < -0.3 is 25.8 Å². The number of phenolic OH excluding ortho intramolecular Hbond substituents is 1. The van der Waals surface area contributed by atoms with Gasteiger partial charge in [-0.25, -0.2) is 4.39 Å². The number of halogens is 3. The molecule has 2 aromatic carbocycles. The minimum Gasteiger partial charge on any atom is -0.503 e.